The molecule has 5 rings (SSSR count). The number of aryl methyl sites for hydroxylation is 3. The molecule has 0 saturated carbocycles. The van der Waals surface area contributed by atoms with Crippen LogP contribution in [0.3, 0.4) is 0 Å². The average molecular weight is 514 g/mol. The van der Waals surface area contributed by atoms with E-state index in [2.05, 4.69) is 28.7 Å². The highest BCUT2D eigenvalue weighted by molar-refractivity contribution is 7.92. The van der Waals surface area contributed by atoms with Crippen LogP contribution >= 0.6 is 0 Å². The van der Waals surface area contributed by atoms with E-state index in [1.165, 1.54) is 35.8 Å². The van der Waals surface area contributed by atoms with Gasteiger partial charge >= 0.3 is 0 Å². The van der Waals surface area contributed by atoms with Crippen molar-refractivity contribution in [2.45, 2.75) is 24.7 Å². The fourth-order valence-electron chi connectivity index (χ4n) is 4.62. The van der Waals surface area contributed by atoms with Crippen molar-refractivity contribution in [1.82, 2.24) is 5.43 Å². The number of hydrogen-bond acceptors (Lipinski definition) is 5. The SMILES string of the molecule is COc1ccc(S(=O)(=O)N(CC(=O)N/N=C/c2ccc3c4c(cccc24)CC3)c2ccc(C)cc2)cc1. The molecule has 0 aliphatic heterocycles. The maximum atomic E-state index is 13.5. The Balaban J connectivity index is 1.38. The Hall–Kier alpha value is -4.17. The topological polar surface area (TPSA) is 88.1 Å². The molecule has 4 aromatic rings. The standard InChI is InChI=1S/C29H27N3O4S/c1-20-6-12-24(13-7-20)32(37(34,35)26-16-14-25(36-2)15-17-26)19-28(33)31-30-18-23-11-10-22-9-8-21-4-3-5-27(23)29(21)22/h3-7,10-18H,8-9,19H2,1-2H3,(H,31,33)/b30-18+. The van der Waals surface area contributed by atoms with Gasteiger partial charge in [-0.05, 0) is 78.1 Å². The molecule has 8 heteroatoms. The van der Waals surface area contributed by atoms with Gasteiger partial charge < -0.3 is 4.74 Å². The number of ether oxygens (including phenoxy) is 1. The molecule has 1 amide bonds. The number of nitrogens with zero attached hydrogens (tertiary/aromatic N) is 2. The first kappa shape index (κ1) is 24.5. The molecule has 1 aliphatic rings. The van der Waals surface area contributed by atoms with Crippen LogP contribution < -0.4 is 14.5 Å². The Kier molecular flexibility index (Phi) is 6.67. The minimum Gasteiger partial charge on any atom is -0.497 e. The first-order valence-electron chi connectivity index (χ1n) is 12.0. The van der Waals surface area contributed by atoms with Crippen molar-refractivity contribution < 1.29 is 17.9 Å². The summed E-state index contributed by atoms with van der Waals surface area (Å²) in [6, 6.07) is 23.4. The van der Waals surface area contributed by atoms with Crippen LogP contribution in [0.5, 0.6) is 5.75 Å². The van der Waals surface area contributed by atoms with Gasteiger partial charge in [0, 0.05) is 5.56 Å². The molecular formula is C29H27N3O4S. The van der Waals surface area contributed by atoms with Crippen molar-refractivity contribution in [1.29, 1.82) is 0 Å². The van der Waals surface area contributed by atoms with Gasteiger partial charge in [-0.1, -0.05) is 48.0 Å². The summed E-state index contributed by atoms with van der Waals surface area (Å²) < 4.78 is 33.3. The number of sulfonamides is 1. The first-order valence-corrected chi connectivity index (χ1v) is 13.4. The van der Waals surface area contributed by atoms with Crippen LogP contribution in [-0.2, 0) is 27.7 Å². The zero-order valence-electron chi connectivity index (χ0n) is 20.6. The summed E-state index contributed by atoms with van der Waals surface area (Å²) in [7, 11) is -2.52. The maximum absolute atomic E-state index is 13.5. The van der Waals surface area contributed by atoms with Gasteiger partial charge in [0.15, 0.2) is 0 Å². The van der Waals surface area contributed by atoms with E-state index in [0.29, 0.717) is 11.4 Å². The fourth-order valence-corrected chi connectivity index (χ4v) is 6.04. The van der Waals surface area contributed by atoms with E-state index in [4.69, 9.17) is 4.74 Å². The highest BCUT2D eigenvalue weighted by Gasteiger charge is 2.27. The van der Waals surface area contributed by atoms with E-state index in [9.17, 15) is 13.2 Å². The van der Waals surface area contributed by atoms with Gasteiger partial charge in [0.2, 0.25) is 0 Å². The van der Waals surface area contributed by atoms with E-state index in [-0.39, 0.29) is 4.90 Å². The molecule has 188 valence electrons. The second-order valence-electron chi connectivity index (χ2n) is 8.97. The van der Waals surface area contributed by atoms with E-state index >= 15 is 0 Å². The molecule has 0 heterocycles. The summed E-state index contributed by atoms with van der Waals surface area (Å²) in [6.07, 6.45) is 3.66. The monoisotopic (exact) mass is 513 g/mol. The maximum Gasteiger partial charge on any atom is 0.264 e. The predicted octanol–water partition coefficient (Wildman–Crippen LogP) is 4.60. The minimum absolute atomic E-state index is 0.0538. The van der Waals surface area contributed by atoms with Gasteiger partial charge in [-0.2, -0.15) is 5.10 Å². The van der Waals surface area contributed by atoms with Gasteiger partial charge in [0.05, 0.1) is 23.9 Å². The van der Waals surface area contributed by atoms with Gasteiger partial charge in [-0.25, -0.2) is 13.8 Å². The van der Waals surface area contributed by atoms with E-state index < -0.39 is 22.5 Å². The molecule has 0 radical (unpaired) electrons. The zero-order chi connectivity index (χ0) is 26.0. The number of anilines is 1. The smallest absolute Gasteiger partial charge is 0.264 e. The summed E-state index contributed by atoms with van der Waals surface area (Å²) in [4.78, 5) is 12.9. The molecule has 0 fully saturated rings. The van der Waals surface area contributed by atoms with Crippen molar-refractivity contribution in [3.8, 4) is 5.75 Å². The number of benzene rings is 4. The molecule has 0 aromatic heterocycles. The average Bonchev–Trinajstić information content (AvgIpc) is 3.34. The normalized spacial score (nSPS) is 12.7. The van der Waals surface area contributed by atoms with Crippen LogP contribution in [0.2, 0.25) is 0 Å². The summed E-state index contributed by atoms with van der Waals surface area (Å²) in [5.74, 6) is -0.0178. The molecule has 37 heavy (non-hydrogen) atoms. The summed E-state index contributed by atoms with van der Waals surface area (Å²) in [6.45, 7) is 1.48. The number of hydrogen-bond donors (Lipinski definition) is 1. The summed E-state index contributed by atoms with van der Waals surface area (Å²) in [5.41, 5.74) is 7.40. The lowest BCUT2D eigenvalue weighted by molar-refractivity contribution is -0.119. The molecule has 4 aromatic carbocycles. The third-order valence-electron chi connectivity index (χ3n) is 6.56. The second-order valence-corrected chi connectivity index (χ2v) is 10.8. The molecule has 0 spiro atoms. The fraction of sp³-hybridized carbons (Fsp3) is 0.172. The Morgan fingerprint density at radius 3 is 2.38 bits per heavy atom. The molecule has 7 nitrogen and oxygen atoms in total. The van der Waals surface area contributed by atoms with Gasteiger partial charge in [-0.3, -0.25) is 9.10 Å². The molecule has 1 aliphatic carbocycles. The predicted molar refractivity (Wildman–Crippen MR) is 146 cm³/mol. The molecular weight excluding hydrogens is 486 g/mol. The van der Waals surface area contributed by atoms with Crippen LogP contribution in [0.15, 0.2) is 88.9 Å². The highest BCUT2D eigenvalue weighted by Crippen LogP contribution is 2.32. The largest absolute Gasteiger partial charge is 0.497 e. The third kappa shape index (κ3) is 4.93. The second kappa shape index (κ2) is 10.1. The van der Waals surface area contributed by atoms with Crippen LogP contribution in [0.25, 0.3) is 10.8 Å². The van der Waals surface area contributed by atoms with Crippen molar-refractivity contribution in [3.63, 3.8) is 0 Å². The van der Waals surface area contributed by atoms with Crippen LogP contribution in [-0.4, -0.2) is 34.2 Å². The van der Waals surface area contributed by atoms with Crippen LogP contribution in [0.4, 0.5) is 5.69 Å². The number of nitrogens with one attached hydrogen (secondary N) is 1. The first-order chi connectivity index (χ1) is 17.9. The summed E-state index contributed by atoms with van der Waals surface area (Å²) >= 11 is 0. The lowest BCUT2D eigenvalue weighted by Gasteiger charge is -2.24. The quantitative estimate of drug-likeness (QED) is 0.276. The van der Waals surface area contributed by atoms with Crippen LogP contribution in [0.1, 0.15) is 22.3 Å². The number of hydrazone groups is 1. The molecule has 0 unspecified atom stereocenters. The van der Waals surface area contributed by atoms with Gasteiger partial charge in [0.25, 0.3) is 15.9 Å². The van der Waals surface area contributed by atoms with Crippen molar-refractivity contribution in [2.24, 2.45) is 5.10 Å². The lowest BCUT2D eigenvalue weighted by Crippen LogP contribution is -2.39. The summed E-state index contributed by atoms with van der Waals surface area (Å²) in [5, 5.41) is 6.50. The zero-order valence-corrected chi connectivity index (χ0v) is 21.5. The van der Waals surface area contributed by atoms with Crippen molar-refractivity contribution >= 4 is 38.6 Å². The Morgan fingerprint density at radius 2 is 1.68 bits per heavy atom. The highest BCUT2D eigenvalue weighted by atomic mass is 32.2. The van der Waals surface area contributed by atoms with Gasteiger partial charge in [-0.15, -0.1) is 0 Å². The minimum atomic E-state index is -4.03. The Morgan fingerprint density at radius 1 is 0.973 bits per heavy atom. The number of carbonyl (C=O) groups is 1. The molecule has 0 bridgehead atoms. The number of amides is 1. The molecule has 0 saturated heterocycles. The molecule has 0 atom stereocenters. The third-order valence-corrected chi connectivity index (χ3v) is 8.35. The lowest BCUT2D eigenvalue weighted by atomic mass is 10.0. The molecule has 1 N–H and O–H groups in total. The van der Waals surface area contributed by atoms with E-state index in [1.807, 2.05) is 19.1 Å². The van der Waals surface area contributed by atoms with Crippen molar-refractivity contribution in [3.05, 3.63) is 101 Å². The number of rotatable bonds is 8. The van der Waals surface area contributed by atoms with E-state index in [0.717, 1.165) is 33.7 Å². The van der Waals surface area contributed by atoms with E-state index in [1.54, 1.807) is 42.6 Å². The van der Waals surface area contributed by atoms with Crippen LogP contribution in [0, 0.1) is 6.92 Å². The Bertz CT molecular complexity index is 1590. The van der Waals surface area contributed by atoms with Gasteiger partial charge in [0.1, 0.15) is 12.3 Å². The number of carbonyl (C=O) groups excluding carboxylic acids is 1. The Labute approximate surface area is 216 Å². The number of methoxy groups -OCH3 is 1. The van der Waals surface area contributed by atoms with Crippen molar-refractivity contribution in [2.75, 3.05) is 18.0 Å².